The maximum Gasteiger partial charge on any atom is 0.573 e. The Labute approximate surface area is 182 Å². The smallest absolute Gasteiger partial charge is 0.481 e. The average Bonchev–Trinajstić information content (AvgIpc) is 3.15. The van der Waals surface area contributed by atoms with E-state index in [2.05, 4.69) is 10.1 Å². The van der Waals surface area contributed by atoms with E-state index >= 15 is 0 Å². The monoisotopic (exact) mass is 470 g/mol. The highest BCUT2D eigenvalue weighted by atomic mass is 32.2. The van der Waals surface area contributed by atoms with Gasteiger partial charge in [0.25, 0.3) is 0 Å². The third-order valence-corrected chi connectivity index (χ3v) is 8.09. The standard InChI is InChI=1S/C21H21F3N2O5S/c22-21(23,24)31-18-7-2-1-4-14(18)13-5-3-6-15-16(13)12-17(20(27)28)19(15)32(29,30)26-10-8-25-9-11-26/h1-7,17,19,25H,8-12H2,(H,27,28). The summed E-state index contributed by atoms with van der Waals surface area (Å²) in [7, 11) is -4.01. The zero-order valence-electron chi connectivity index (χ0n) is 16.8. The number of piperazine rings is 1. The van der Waals surface area contributed by atoms with E-state index in [-0.39, 0.29) is 25.1 Å². The Morgan fingerprint density at radius 3 is 2.38 bits per heavy atom. The maximum absolute atomic E-state index is 13.4. The third-order valence-electron chi connectivity index (χ3n) is 5.79. The van der Waals surface area contributed by atoms with Crippen LogP contribution in [-0.2, 0) is 21.2 Å². The van der Waals surface area contributed by atoms with Gasteiger partial charge in [-0.1, -0.05) is 36.4 Å². The number of sulfonamides is 1. The van der Waals surface area contributed by atoms with Crippen LogP contribution in [0.5, 0.6) is 5.75 Å². The van der Waals surface area contributed by atoms with Crippen LogP contribution in [0.1, 0.15) is 16.4 Å². The SMILES string of the molecule is O=C(O)C1Cc2c(-c3ccccc3OC(F)(F)F)cccc2C1S(=O)(=O)N1CCNCC1. The van der Waals surface area contributed by atoms with Crippen LogP contribution in [0.3, 0.4) is 0 Å². The van der Waals surface area contributed by atoms with E-state index in [0.717, 1.165) is 0 Å². The van der Waals surface area contributed by atoms with Crippen LogP contribution in [0.15, 0.2) is 42.5 Å². The number of hydrogen-bond acceptors (Lipinski definition) is 5. The van der Waals surface area contributed by atoms with Crippen LogP contribution in [0.2, 0.25) is 0 Å². The van der Waals surface area contributed by atoms with Gasteiger partial charge in [-0.05, 0) is 29.2 Å². The summed E-state index contributed by atoms with van der Waals surface area (Å²) >= 11 is 0. The second-order valence-electron chi connectivity index (χ2n) is 7.68. The highest BCUT2D eigenvalue weighted by Crippen LogP contribution is 2.48. The first-order chi connectivity index (χ1) is 15.1. The van der Waals surface area contributed by atoms with Gasteiger partial charge in [0.1, 0.15) is 11.0 Å². The minimum absolute atomic E-state index is 0.114. The Bertz CT molecular complexity index is 1130. The molecule has 32 heavy (non-hydrogen) atoms. The number of aliphatic carboxylic acids is 1. The van der Waals surface area contributed by atoms with Crippen molar-refractivity contribution in [1.29, 1.82) is 0 Å². The van der Waals surface area contributed by atoms with Crippen molar-refractivity contribution >= 4 is 16.0 Å². The van der Waals surface area contributed by atoms with Crippen molar-refractivity contribution in [2.75, 3.05) is 26.2 Å². The fourth-order valence-electron chi connectivity index (χ4n) is 4.44. The number of nitrogens with zero attached hydrogens (tertiary/aromatic N) is 1. The molecule has 2 unspecified atom stereocenters. The normalized spacial score (nSPS) is 21.8. The largest absolute Gasteiger partial charge is 0.573 e. The molecule has 1 aliphatic carbocycles. The molecule has 1 fully saturated rings. The predicted molar refractivity (Wildman–Crippen MR) is 109 cm³/mol. The Morgan fingerprint density at radius 2 is 1.72 bits per heavy atom. The lowest BCUT2D eigenvalue weighted by atomic mass is 9.96. The quantitative estimate of drug-likeness (QED) is 0.698. The number of ether oxygens (including phenoxy) is 1. The van der Waals surface area contributed by atoms with Gasteiger partial charge in [0.2, 0.25) is 10.0 Å². The lowest BCUT2D eigenvalue weighted by Crippen LogP contribution is -2.48. The van der Waals surface area contributed by atoms with Gasteiger partial charge in [-0.15, -0.1) is 13.2 Å². The fraction of sp³-hybridized carbons (Fsp3) is 0.381. The van der Waals surface area contributed by atoms with Gasteiger partial charge < -0.3 is 15.2 Å². The van der Waals surface area contributed by atoms with Gasteiger partial charge in [-0.2, -0.15) is 4.31 Å². The van der Waals surface area contributed by atoms with Gasteiger partial charge >= 0.3 is 12.3 Å². The van der Waals surface area contributed by atoms with Crippen molar-refractivity contribution in [3.63, 3.8) is 0 Å². The summed E-state index contributed by atoms with van der Waals surface area (Å²) < 4.78 is 71.0. The summed E-state index contributed by atoms with van der Waals surface area (Å²) in [6.07, 6.45) is -5.02. The van der Waals surface area contributed by atoms with Crippen molar-refractivity contribution in [3.8, 4) is 16.9 Å². The summed E-state index contributed by atoms with van der Waals surface area (Å²) in [6, 6.07) is 10.2. The Morgan fingerprint density at radius 1 is 1.06 bits per heavy atom. The lowest BCUT2D eigenvalue weighted by molar-refractivity contribution is -0.274. The summed E-state index contributed by atoms with van der Waals surface area (Å²) in [5.74, 6) is -2.95. The Kier molecular flexibility index (Phi) is 5.91. The molecule has 7 nitrogen and oxygen atoms in total. The molecule has 2 aliphatic rings. The molecular weight excluding hydrogens is 449 g/mol. The van der Waals surface area contributed by atoms with Crippen LogP contribution in [0.25, 0.3) is 11.1 Å². The number of benzene rings is 2. The first-order valence-electron chi connectivity index (χ1n) is 9.99. The first-order valence-corrected chi connectivity index (χ1v) is 11.5. The van der Waals surface area contributed by atoms with E-state index in [1.165, 1.54) is 34.6 Å². The van der Waals surface area contributed by atoms with E-state index in [4.69, 9.17) is 0 Å². The average molecular weight is 470 g/mol. The van der Waals surface area contributed by atoms with Crippen molar-refractivity contribution in [1.82, 2.24) is 9.62 Å². The zero-order chi connectivity index (χ0) is 23.1. The van der Waals surface area contributed by atoms with Crippen LogP contribution >= 0.6 is 0 Å². The van der Waals surface area contributed by atoms with Crippen LogP contribution in [0.4, 0.5) is 13.2 Å². The van der Waals surface area contributed by atoms with E-state index in [1.807, 2.05) is 0 Å². The number of fused-ring (bicyclic) bond motifs is 1. The van der Waals surface area contributed by atoms with E-state index in [0.29, 0.717) is 29.8 Å². The first kappa shape index (κ1) is 22.6. The molecule has 2 N–H and O–H groups in total. The van der Waals surface area contributed by atoms with Gasteiger partial charge in [0.15, 0.2) is 0 Å². The molecule has 1 saturated heterocycles. The van der Waals surface area contributed by atoms with Crippen LogP contribution in [0, 0.1) is 5.92 Å². The molecule has 172 valence electrons. The molecular formula is C21H21F3N2O5S. The highest BCUT2D eigenvalue weighted by Gasteiger charge is 2.48. The van der Waals surface area contributed by atoms with E-state index in [9.17, 15) is 31.5 Å². The minimum Gasteiger partial charge on any atom is -0.481 e. The Balaban J connectivity index is 1.83. The molecule has 1 aliphatic heterocycles. The molecule has 2 atom stereocenters. The summed E-state index contributed by atoms with van der Waals surface area (Å²) in [4.78, 5) is 12.0. The molecule has 0 saturated carbocycles. The summed E-state index contributed by atoms with van der Waals surface area (Å²) in [5, 5.41) is 11.6. The number of carbonyl (C=O) groups is 1. The summed E-state index contributed by atoms with van der Waals surface area (Å²) in [5.41, 5.74) is 1.15. The van der Waals surface area contributed by atoms with Crippen LogP contribution in [-0.4, -0.2) is 56.3 Å². The fourth-order valence-corrected chi connectivity index (χ4v) is 6.62. The minimum atomic E-state index is -4.91. The van der Waals surface area contributed by atoms with Gasteiger partial charge in [0.05, 0.1) is 5.92 Å². The third kappa shape index (κ3) is 4.19. The Hall–Kier alpha value is -2.63. The number of alkyl halides is 3. The molecule has 0 spiro atoms. The number of para-hydroxylation sites is 1. The molecule has 0 amide bonds. The van der Waals surface area contributed by atoms with Gasteiger partial charge in [0, 0.05) is 31.7 Å². The second kappa shape index (κ2) is 8.38. The molecule has 0 radical (unpaired) electrons. The molecule has 2 aromatic rings. The van der Waals surface area contributed by atoms with Gasteiger partial charge in [-0.3, -0.25) is 4.79 Å². The van der Waals surface area contributed by atoms with E-state index in [1.54, 1.807) is 12.1 Å². The van der Waals surface area contributed by atoms with Crippen molar-refractivity contribution < 1.29 is 36.2 Å². The van der Waals surface area contributed by atoms with Crippen molar-refractivity contribution in [2.24, 2.45) is 5.92 Å². The maximum atomic E-state index is 13.4. The topological polar surface area (TPSA) is 95.9 Å². The number of rotatable bonds is 5. The van der Waals surface area contributed by atoms with E-state index < -0.39 is 39.3 Å². The molecule has 1 heterocycles. The number of nitrogens with one attached hydrogen (secondary N) is 1. The van der Waals surface area contributed by atoms with Gasteiger partial charge in [-0.25, -0.2) is 8.42 Å². The zero-order valence-corrected chi connectivity index (χ0v) is 17.6. The molecule has 0 bridgehead atoms. The molecule has 11 heteroatoms. The van der Waals surface area contributed by atoms with Crippen molar-refractivity contribution in [3.05, 3.63) is 53.6 Å². The number of carboxylic acid groups (broad SMARTS) is 1. The molecule has 0 aromatic heterocycles. The van der Waals surface area contributed by atoms with Crippen LogP contribution < -0.4 is 10.1 Å². The lowest BCUT2D eigenvalue weighted by Gasteiger charge is -2.31. The number of carboxylic acids is 1. The number of hydrogen-bond donors (Lipinski definition) is 2. The second-order valence-corrected chi connectivity index (χ2v) is 9.73. The summed E-state index contributed by atoms with van der Waals surface area (Å²) in [6.45, 7) is 1.36. The molecule has 2 aromatic carbocycles. The molecule has 4 rings (SSSR count). The predicted octanol–water partition coefficient (Wildman–Crippen LogP) is 2.79. The highest BCUT2D eigenvalue weighted by molar-refractivity contribution is 7.89. The number of halogens is 3. The van der Waals surface area contributed by atoms with Crippen molar-refractivity contribution in [2.45, 2.75) is 18.0 Å².